The molecule has 1 aromatic heterocycles. The van der Waals surface area contributed by atoms with E-state index in [1.165, 1.54) is 4.72 Å². The summed E-state index contributed by atoms with van der Waals surface area (Å²) in [6.07, 6.45) is -4.68. The number of anilines is 1. The van der Waals surface area contributed by atoms with Crippen molar-refractivity contribution in [1.29, 1.82) is 0 Å². The van der Waals surface area contributed by atoms with Gasteiger partial charge in [-0.1, -0.05) is 11.3 Å². The van der Waals surface area contributed by atoms with E-state index >= 15 is 0 Å². The van der Waals surface area contributed by atoms with Crippen LogP contribution in [0, 0.1) is 0 Å². The molecule has 80 valence electrons. The second kappa shape index (κ2) is 3.33. The molecule has 0 saturated heterocycles. The van der Waals surface area contributed by atoms with Crippen molar-refractivity contribution < 1.29 is 26.1 Å². The molecule has 0 aromatic carbocycles. The molecule has 14 heavy (non-hydrogen) atoms. The van der Waals surface area contributed by atoms with E-state index in [1.54, 1.807) is 0 Å². The van der Waals surface area contributed by atoms with Gasteiger partial charge in [0.25, 0.3) is 0 Å². The van der Waals surface area contributed by atoms with Gasteiger partial charge in [0.2, 0.25) is 10.1 Å². The van der Waals surface area contributed by atoms with Crippen molar-refractivity contribution >= 4 is 26.8 Å². The Morgan fingerprint density at radius 2 is 1.93 bits per heavy atom. The highest BCUT2D eigenvalue weighted by Gasteiger charge is 2.35. The summed E-state index contributed by atoms with van der Waals surface area (Å²) < 4.78 is 65.6. The number of aromatic nitrogens is 2. The predicted molar refractivity (Wildman–Crippen MR) is 40.1 cm³/mol. The fraction of sp³-hybridized carbons (Fsp3) is 0.333. The number of alkyl halides is 3. The molecule has 11 heteroatoms. The number of hydrogen-bond donors (Lipinski definition) is 2. The zero-order chi connectivity index (χ0) is 11.0. The molecule has 6 nitrogen and oxygen atoms in total. The van der Waals surface area contributed by atoms with E-state index < -0.39 is 26.6 Å². The van der Waals surface area contributed by atoms with Gasteiger partial charge in [0, 0.05) is 0 Å². The average molecular weight is 249 g/mol. The summed E-state index contributed by atoms with van der Waals surface area (Å²) in [5, 5.41) is 3.59. The monoisotopic (exact) mass is 249 g/mol. The quantitative estimate of drug-likeness (QED) is 0.755. The zero-order valence-electron chi connectivity index (χ0n) is 6.11. The summed E-state index contributed by atoms with van der Waals surface area (Å²) in [5.74, 6) is 0. The largest absolute Gasteiger partial charge is 0.445 e. The minimum Gasteiger partial charge on any atom is -0.269 e. The van der Waals surface area contributed by atoms with Crippen molar-refractivity contribution in [3.8, 4) is 0 Å². The van der Waals surface area contributed by atoms with E-state index in [4.69, 9.17) is 4.55 Å². The highest BCUT2D eigenvalue weighted by molar-refractivity contribution is 7.87. The number of hydrogen-bond acceptors (Lipinski definition) is 5. The van der Waals surface area contributed by atoms with E-state index in [9.17, 15) is 21.6 Å². The van der Waals surface area contributed by atoms with Crippen LogP contribution in [0.25, 0.3) is 0 Å². The van der Waals surface area contributed by atoms with Crippen LogP contribution in [0.2, 0.25) is 0 Å². The van der Waals surface area contributed by atoms with E-state index in [2.05, 4.69) is 10.2 Å². The summed E-state index contributed by atoms with van der Waals surface area (Å²) in [6, 6.07) is 0. The molecule has 2 N–H and O–H groups in total. The summed E-state index contributed by atoms with van der Waals surface area (Å²) in [5.41, 5.74) is 0. The lowest BCUT2D eigenvalue weighted by Gasteiger charge is -1.97. The van der Waals surface area contributed by atoms with Gasteiger partial charge in [0.15, 0.2) is 0 Å². The van der Waals surface area contributed by atoms with Crippen LogP contribution >= 0.6 is 11.3 Å². The molecule has 1 heterocycles. The number of rotatable bonds is 2. The molecule has 0 amide bonds. The highest BCUT2D eigenvalue weighted by atomic mass is 32.2. The van der Waals surface area contributed by atoms with Gasteiger partial charge in [-0.3, -0.25) is 4.55 Å². The Morgan fingerprint density at radius 1 is 1.36 bits per heavy atom. The predicted octanol–water partition coefficient (Wildman–Crippen LogP) is 0.772. The maximum Gasteiger partial charge on any atom is 0.445 e. The maximum absolute atomic E-state index is 11.9. The Labute approximate surface area is 79.7 Å². The van der Waals surface area contributed by atoms with Gasteiger partial charge >= 0.3 is 16.5 Å². The number of halogens is 3. The molecular formula is C3H2F3N3O3S2. The Kier molecular flexibility index (Phi) is 2.65. The minimum atomic E-state index is -4.68. The Hall–Kier alpha value is -0.940. The van der Waals surface area contributed by atoms with Crippen LogP contribution in [0.15, 0.2) is 0 Å². The standard InChI is InChI=1S/C3H2F3N3O3S2/c4-3(5,6)1-7-8-2(13-1)9-14(10,11)12/h(H,8,9)(H,10,11,12). The topological polar surface area (TPSA) is 92.2 Å². The van der Waals surface area contributed by atoms with E-state index in [1.807, 2.05) is 0 Å². The van der Waals surface area contributed by atoms with Crippen LogP contribution in [0.5, 0.6) is 0 Å². The summed E-state index contributed by atoms with van der Waals surface area (Å²) in [7, 11) is -4.62. The normalized spacial score (nSPS) is 12.9. The van der Waals surface area contributed by atoms with Crippen molar-refractivity contribution in [2.24, 2.45) is 0 Å². The van der Waals surface area contributed by atoms with E-state index in [-0.39, 0.29) is 11.3 Å². The summed E-state index contributed by atoms with van der Waals surface area (Å²) in [6.45, 7) is 0. The van der Waals surface area contributed by atoms with Crippen LogP contribution in [-0.4, -0.2) is 23.2 Å². The van der Waals surface area contributed by atoms with Crippen LogP contribution in [0.3, 0.4) is 0 Å². The second-order valence-electron chi connectivity index (χ2n) is 1.99. The van der Waals surface area contributed by atoms with Gasteiger partial charge in [-0.15, -0.1) is 10.2 Å². The Bertz CT molecular complexity index is 424. The number of nitrogens with zero attached hydrogens (tertiary/aromatic N) is 2. The third-order valence-corrected chi connectivity index (χ3v) is 2.35. The van der Waals surface area contributed by atoms with Gasteiger partial charge in [-0.2, -0.15) is 21.6 Å². The molecule has 0 aliphatic carbocycles. The molecule has 0 bridgehead atoms. The fourth-order valence-corrected chi connectivity index (χ4v) is 1.70. The summed E-state index contributed by atoms with van der Waals surface area (Å²) >= 11 is -0.0308. The van der Waals surface area contributed by atoms with Gasteiger partial charge in [-0.05, 0) is 0 Å². The van der Waals surface area contributed by atoms with Gasteiger partial charge in [0.1, 0.15) is 0 Å². The molecule has 0 saturated carbocycles. The van der Waals surface area contributed by atoms with Crippen molar-refractivity contribution in [3.05, 3.63) is 5.01 Å². The molecule has 0 unspecified atom stereocenters. The van der Waals surface area contributed by atoms with Crippen LogP contribution < -0.4 is 4.72 Å². The summed E-state index contributed by atoms with van der Waals surface area (Å²) in [4.78, 5) is 0. The molecule has 0 atom stereocenters. The average Bonchev–Trinajstić information content (AvgIpc) is 2.29. The van der Waals surface area contributed by atoms with E-state index in [0.717, 1.165) is 0 Å². The molecule has 0 spiro atoms. The second-order valence-corrected chi connectivity index (χ2v) is 4.12. The first kappa shape index (κ1) is 11.1. The minimum absolute atomic E-state index is 0.0308. The van der Waals surface area contributed by atoms with Crippen molar-refractivity contribution in [2.45, 2.75) is 6.18 Å². The lowest BCUT2D eigenvalue weighted by molar-refractivity contribution is -0.138. The molecule has 1 rings (SSSR count). The zero-order valence-corrected chi connectivity index (χ0v) is 7.74. The van der Waals surface area contributed by atoms with Gasteiger partial charge < -0.3 is 0 Å². The first-order valence-corrected chi connectivity index (χ1v) is 5.10. The molecule has 0 fully saturated rings. The lowest BCUT2D eigenvalue weighted by atomic mass is 10.7. The lowest BCUT2D eigenvalue weighted by Crippen LogP contribution is -2.09. The molecule has 1 aromatic rings. The molecule has 0 aliphatic heterocycles. The molecule has 0 radical (unpaired) electrons. The first-order valence-electron chi connectivity index (χ1n) is 2.84. The maximum atomic E-state index is 11.9. The Morgan fingerprint density at radius 3 is 2.29 bits per heavy atom. The SMILES string of the molecule is O=S(=O)(O)Nc1nnc(C(F)(F)F)s1. The molecular weight excluding hydrogens is 247 g/mol. The van der Waals surface area contributed by atoms with Gasteiger partial charge in [0.05, 0.1) is 0 Å². The fourth-order valence-electron chi connectivity index (χ4n) is 0.489. The Balaban J connectivity index is 2.90. The first-order chi connectivity index (χ1) is 6.18. The van der Waals surface area contributed by atoms with Crippen LogP contribution in [0.4, 0.5) is 18.3 Å². The third kappa shape index (κ3) is 3.08. The van der Waals surface area contributed by atoms with Crippen molar-refractivity contribution in [2.75, 3.05) is 4.72 Å². The van der Waals surface area contributed by atoms with E-state index in [0.29, 0.717) is 0 Å². The highest BCUT2D eigenvalue weighted by Crippen LogP contribution is 2.33. The van der Waals surface area contributed by atoms with Crippen LogP contribution in [-0.2, 0) is 16.5 Å². The third-order valence-electron chi connectivity index (χ3n) is 0.884. The van der Waals surface area contributed by atoms with Gasteiger partial charge in [-0.25, -0.2) is 4.72 Å². The van der Waals surface area contributed by atoms with Crippen molar-refractivity contribution in [3.63, 3.8) is 0 Å². The van der Waals surface area contributed by atoms with Crippen LogP contribution in [0.1, 0.15) is 5.01 Å². The molecule has 0 aliphatic rings. The smallest absolute Gasteiger partial charge is 0.269 e. The number of nitrogens with one attached hydrogen (secondary N) is 1. The van der Waals surface area contributed by atoms with Crippen molar-refractivity contribution in [1.82, 2.24) is 10.2 Å².